The third-order valence-electron chi connectivity index (χ3n) is 4.70. The van der Waals surface area contributed by atoms with E-state index in [0.717, 1.165) is 0 Å². The van der Waals surface area contributed by atoms with Gasteiger partial charge >= 0.3 is 0 Å². The van der Waals surface area contributed by atoms with Gasteiger partial charge in [-0.05, 0) is 48.5 Å². The van der Waals surface area contributed by atoms with E-state index in [9.17, 15) is 18.0 Å². The lowest BCUT2D eigenvalue weighted by molar-refractivity contribution is -0.130. The topological polar surface area (TPSA) is 105 Å². The summed E-state index contributed by atoms with van der Waals surface area (Å²) in [5.41, 5.74) is 0.874. The number of anilines is 1. The molecule has 2 aromatic carbocycles. The molecule has 0 atom stereocenters. The van der Waals surface area contributed by atoms with Gasteiger partial charge in [0.05, 0.1) is 18.1 Å². The number of carbonyl (C=O) groups excluding carboxylic acids is 2. The fraction of sp³-hybridized carbons (Fsp3) is 0.333. The summed E-state index contributed by atoms with van der Waals surface area (Å²) in [7, 11) is -0.309. The zero-order valence-electron chi connectivity index (χ0n) is 17.4. The van der Waals surface area contributed by atoms with Crippen LogP contribution in [-0.4, -0.2) is 76.4 Å². The minimum absolute atomic E-state index is 0.0710. The number of morpholine rings is 1. The van der Waals surface area contributed by atoms with Gasteiger partial charge in [0.2, 0.25) is 10.0 Å². The van der Waals surface area contributed by atoms with Gasteiger partial charge in [0.25, 0.3) is 11.8 Å². The summed E-state index contributed by atoms with van der Waals surface area (Å²) >= 11 is 0. The van der Waals surface area contributed by atoms with Crippen molar-refractivity contribution >= 4 is 27.5 Å². The molecule has 1 saturated heterocycles. The van der Waals surface area contributed by atoms with Gasteiger partial charge in [0.1, 0.15) is 5.75 Å². The maximum absolute atomic E-state index is 12.7. The highest BCUT2D eigenvalue weighted by molar-refractivity contribution is 7.89. The summed E-state index contributed by atoms with van der Waals surface area (Å²) in [5, 5.41) is 2.74. The van der Waals surface area contributed by atoms with Crippen molar-refractivity contribution in [2.75, 3.05) is 52.3 Å². The summed E-state index contributed by atoms with van der Waals surface area (Å²) in [6.07, 6.45) is 0. The highest BCUT2D eigenvalue weighted by atomic mass is 32.2. The lowest BCUT2D eigenvalue weighted by atomic mass is 10.2. The minimum Gasteiger partial charge on any atom is -0.484 e. The van der Waals surface area contributed by atoms with Gasteiger partial charge in [0, 0.05) is 38.4 Å². The Hall–Kier alpha value is -2.95. The second-order valence-electron chi connectivity index (χ2n) is 7.10. The van der Waals surface area contributed by atoms with E-state index < -0.39 is 10.0 Å². The number of benzene rings is 2. The van der Waals surface area contributed by atoms with E-state index >= 15 is 0 Å². The number of rotatable bonds is 7. The van der Waals surface area contributed by atoms with Crippen LogP contribution in [0.3, 0.4) is 0 Å². The van der Waals surface area contributed by atoms with Crippen molar-refractivity contribution in [3.05, 3.63) is 54.1 Å². The third kappa shape index (κ3) is 5.81. The number of hydrogen-bond acceptors (Lipinski definition) is 6. The van der Waals surface area contributed by atoms with Crippen molar-refractivity contribution in [3.8, 4) is 5.75 Å². The van der Waals surface area contributed by atoms with Gasteiger partial charge < -0.3 is 19.7 Å². The number of nitrogens with one attached hydrogen (secondary N) is 1. The molecule has 166 valence electrons. The first kappa shape index (κ1) is 22.7. The Morgan fingerprint density at radius 1 is 1.03 bits per heavy atom. The Labute approximate surface area is 181 Å². The molecule has 1 heterocycles. The molecule has 1 aliphatic rings. The lowest BCUT2D eigenvalue weighted by Crippen LogP contribution is -2.40. The molecule has 1 fully saturated rings. The van der Waals surface area contributed by atoms with E-state index in [2.05, 4.69) is 5.32 Å². The maximum atomic E-state index is 12.7. The number of carbonyl (C=O) groups is 2. The third-order valence-corrected chi connectivity index (χ3v) is 6.61. The van der Waals surface area contributed by atoms with E-state index in [0.29, 0.717) is 43.3 Å². The van der Waals surface area contributed by atoms with E-state index in [1.54, 1.807) is 38.4 Å². The van der Waals surface area contributed by atoms with Crippen molar-refractivity contribution in [3.63, 3.8) is 0 Å². The highest BCUT2D eigenvalue weighted by Gasteiger charge is 2.26. The number of sulfonamides is 1. The fourth-order valence-electron chi connectivity index (χ4n) is 2.83. The molecule has 0 spiro atoms. The number of hydrogen-bond donors (Lipinski definition) is 1. The molecule has 1 N–H and O–H groups in total. The van der Waals surface area contributed by atoms with Crippen LogP contribution in [-0.2, 0) is 19.6 Å². The largest absolute Gasteiger partial charge is 0.484 e. The van der Waals surface area contributed by atoms with Crippen LogP contribution in [0.25, 0.3) is 0 Å². The summed E-state index contributed by atoms with van der Waals surface area (Å²) in [5.74, 6) is -0.0193. The van der Waals surface area contributed by atoms with Gasteiger partial charge in [-0.15, -0.1) is 0 Å². The second kappa shape index (κ2) is 9.90. The van der Waals surface area contributed by atoms with Crippen LogP contribution < -0.4 is 10.1 Å². The molecule has 1 aliphatic heterocycles. The van der Waals surface area contributed by atoms with Crippen LogP contribution >= 0.6 is 0 Å². The average molecular weight is 448 g/mol. The molecule has 9 nitrogen and oxygen atoms in total. The van der Waals surface area contributed by atoms with Crippen LogP contribution in [0.1, 0.15) is 10.4 Å². The van der Waals surface area contributed by atoms with Crippen LogP contribution in [0.2, 0.25) is 0 Å². The fourth-order valence-corrected chi connectivity index (χ4v) is 4.23. The summed E-state index contributed by atoms with van der Waals surface area (Å²) in [6.45, 7) is 1.30. The quantitative estimate of drug-likeness (QED) is 0.688. The molecule has 0 radical (unpaired) electrons. The molecule has 0 unspecified atom stereocenters. The molecule has 0 aliphatic carbocycles. The number of ether oxygens (including phenoxy) is 2. The molecule has 10 heteroatoms. The molecule has 2 aromatic rings. The van der Waals surface area contributed by atoms with Crippen molar-refractivity contribution in [1.82, 2.24) is 9.21 Å². The Bertz CT molecular complexity index is 1010. The highest BCUT2D eigenvalue weighted by Crippen LogP contribution is 2.19. The molecule has 0 saturated carbocycles. The number of likely N-dealkylation sites (N-methyl/N-ethyl adjacent to an activating group) is 1. The molecule has 0 aromatic heterocycles. The van der Waals surface area contributed by atoms with E-state index in [4.69, 9.17) is 9.47 Å². The zero-order valence-corrected chi connectivity index (χ0v) is 18.2. The summed E-state index contributed by atoms with van der Waals surface area (Å²) in [6, 6.07) is 12.4. The van der Waals surface area contributed by atoms with Gasteiger partial charge in [-0.1, -0.05) is 0 Å². The molecule has 0 bridgehead atoms. The first-order chi connectivity index (χ1) is 14.8. The van der Waals surface area contributed by atoms with Gasteiger partial charge in [0.15, 0.2) is 6.61 Å². The predicted octanol–water partition coefficient (Wildman–Crippen LogP) is 1.43. The summed E-state index contributed by atoms with van der Waals surface area (Å²) < 4.78 is 37.3. The SMILES string of the molecule is CN(C)C(=O)COc1ccc(NC(=O)c2ccc(S(=O)(=O)N3CCOCC3)cc2)cc1. The maximum Gasteiger partial charge on any atom is 0.259 e. The van der Waals surface area contributed by atoms with Crippen molar-refractivity contribution in [2.24, 2.45) is 0 Å². The van der Waals surface area contributed by atoms with Crippen molar-refractivity contribution < 1.29 is 27.5 Å². The average Bonchev–Trinajstić information content (AvgIpc) is 2.79. The van der Waals surface area contributed by atoms with Crippen LogP contribution in [0.15, 0.2) is 53.4 Å². The molecule has 3 rings (SSSR count). The minimum atomic E-state index is -3.60. The molecule has 2 amide bonds. The van der Waals surface area contributed by atoms with E-state index in [1.165, 1.54) is 33.5 Å². The molecular weight excluding hydrogens is 422 g/mol. The van der Waals surface area contributed by atoms with Crippen LogP contribution in [0.4, 0.5) is 5.69 Å². The van der Waals surface area contributed by atoms with E-state index in [-0.39, 0.29) is 23.3 Å². The number of nitrogens with zero attached hydrogens (tertiary/aromatic N) is 2. The van der Waals surface area contributed by atoms with Crippen molar-refractivity contribution in [2.45, 2.75) is 4.90 Å². The van der Waals surface area contributed by atoms with Gasteiger partial charge in [-0.3, -0.25) is 9.59 Å². The number of amides is 2. The smallest absolute Gasteiger partial charge is 0.259 e. The van der Waals surface area contributed by atoms with Crippen LogP contribution in [0.5, 0.6) is 5.75 Å². The first-order valence-corrected chi connectivity index (χ1v) is 11.1. The Morgan fingerprint density at radius 2 is 1.65 bits per heavy atom. The van der Waals surface area contributed by atoms with E-state index in [1.807, 2.05) is 0 Å². The monoisotopic (exact) mass is 447 g/mol. The summed E-state index contributed by atoms with van der Waals surface area (Å²) in [4.78, 5) is 25.6. The Kier molecular flexibility index (Phi) is 7.26. The standard InChI is InChI=1S/C21H25N3O6S/c1-23(2)20(25)15-30-18-7-5-17(6-8-18)22-21(26)16-3-9-19(10-4-16)31(27,28)24-11-13-29-14-12-24/h3-10H,11-15H2,1-2H3,(H,22,26). The zero-order chi connectivity index (χ0) is 22.4. The first-order valence-electron chi connectivity index (χ1n) is 9.70. The van der Waals surface area contributed by atoms with Crippen molar-refractivity contribution in [1.29, 1.82) is 0 Å². The lowest BCUT2D eigenvalue weighted by Gasteiger charge is -2.26. The molecular formula is C21H25N3O6S. The van der Waals surface area contributed by atoms with Crippen LogP contribution in [0, 0.1) is 0 Å². The normalized spacial score (nSPS) is 14.6. The van der Waals surface area contributed by atoms with Gasteiger partial charge in [-0.25, -0.2) is 8.42 Å². The van der Waals surface area contributed by atoms with Gasteiger partial charge in [-0.2, -0.15) is 4.31 Å². The Morgan fingerprint density at radius 3 is 2.23 bits per heavy atom. The second-order valence-corrected chi connectivity index (χ2v) is 9.03. The molecule has 31 heavy (non-hydrogen) atoms. The predicted molar refractivity (Wildman–Crippen MR) is 115 cm³/mol. The Balaban J connectivity index is 1.60.